The summed E-state index contributed by atoms with van der Waals surface area (Å²) < 4.78 is 62.9. The highest BCUT2D eigenvalue weighted by Crippen LogP contribution is 2.32. The van der Waals surface area contributed by atoms with Crippen LogP contribution in [0.4, 0.5) is 17.6 Å². The first kappa shape index (κ1) is 27.3. The van der Waals surface area contributed by atoms with Crippen molar-refractivity contribution < 1.29 is 36.6 Å². The summed E-state index contributed by atoms with van der Waals surface area (Å²) in [7, 11) is 0. The molecule has 1 saturated heterocycles. The summed E-state index contributed by atoms with van der Waals surface area (Å²) in [5.41, 5.74) is 9.21. The van der Waals surface area contributed by atoms with Gasteiger partial charge in [-0.25, -0.2) is 9.18 Å². The molecule has 34 heavy (non-hydrogen) atoms. The Kier molecular flexibility index (Phi) is 9.99. The second kappa shape index (κ2) is 12.5. The Bertz CT molecular complexity index is 941. The van der Waals surface area contributed by atoms with Crippen LogP contribution in [0.25, 0.3) is 0 Å². The number of alkyl halides is 3. The molecule has 0 unspecified atom stereocenters. The lowest BCUT2D eigenvalue weighted by molar-refractivity contribution is -0.140. The van der Waals surface area contributed by atoms with Crippen molar-refractivity contribution in [2.45, 2.75) is 25.9 Å². The normalized spacial score (nSPS) is 16.2. The Labute approximate surface area is 194 Å². The van der Waals surface area contributed by atoms with E-state index in [1.807, 2.05) is 0 Å². The van der Waals surface area contributed by atoms with Crippen molar-refractivity contribution in [2.75, 3.05) is 46.0 Å². The zero-order chi connectivity index (χ0) is 25.3. The summed E-state index contributed by atoms with van der Waals surface area (Å²) in [5, 5.41) is 0. The summed E-state index contributed by atoms with van der Waals surface area (Å²) >= 11 is 0. The van der Waals surface area contributed by atoms with Gasteiger partial charge in [0.05, 0.1) is 24.3 Å². The summed E-state index contributed by atoms with van der Waals surface area (Å²) in [6.45, 7) is 4.72. The Balaban J connectivity index is 2.02. The van der Waals surface area contributed by atoms with E-state index in [1.165, 1.54) is 0 Å². The zero-order valence-electron chi connectivity index (χ0n) is 18.8. The van der Waals surface area contributed by atoms with E-state index in [0.717, 1.165) is 31.8 Å². The second-order valence-electron chi connectivity index (χ2n) is 7.49. The van der Waals surface area contributed by atoms with Gasteiger partial charge in [0, 0.05) is 31.9 Å². The summed E-state index contributed by atoms with van der Waals surface area (Å²) in [5.74, 6) is -4.13. The predicted octanol–water partition coefficient (Wildman–Crippen LogP) is 2.27. The van der Waals surface area contributed by atoms with Gasteiger partial charge in [0.1, 0.15) is 17.2 Å². The molecule has 0 saturated carbocycles. The fourth-order valence-corrected chi connectivity index (χ4v) is 3.22. The molecule has 0 amide bonds. The predicted molar refractivity (Wildman–Crippen MR) is 117 cm³/mol. The smallest absolute Gasteiger partial charge is 0.419 e. The monoisotopic (exact) mass is 488 g/mol. The molecule has 8 nitrogen and oxygen atoms in total. The zero-order valence-corrected chi connectivity index (χ0v) is 18.8. The van der Waals surface area contributed by atoms with Crippen LogP contribution in [-0.2, 0) is 20.4 Å². The lowest BCUT2D eigenvalue weighted by Gasteiger charge is -2.26. The largest absolute Gasteiger partial charge is 0.454 e. The minimum atomic E-state index is -4.98. The third-order valence-electron chi connectivity index (χ3n) is 5.12. The Morgan fingerprint density at radius 2 is 1.88 bits per heavy atom. The molecule has 1 aromatic rings. The third kappa shape index (κ3) is 7.52. The average Bonchev–Trinajstić information content (AvgIpc) is 2.80. The number of rotatable bonds is 10. The van der Waals surface area contributed by atoms with Crippen LogP contribution in [0.1, 0.15) is 35.7 Å². The van der Waals surface area contributed by atoms with E-state index in [2.05, 4.69) is 9.89 Å². The maximum atomic E-state index is 14.2. The number of hydrogen-bond acceptors (Lipinski definition) is 7. The fourth-order valence-electron chi connectivity index (χ4n) is 3.22. The summed E-state index contributed by atoms with van der Waals surface area (Å²) in [6, 6.07) is 2.28. The number of benzene rings is 1. The van der Waals surface area contributed by atoms with Crippen molar-refractivity contribution in [3.8, 4) is 0 Å². The molecule has 1 aliphatic heterocycles. The van der Waals surface area contributed by atoms with E-state index in [1.54, 1.807) is 6.92 Å². The maximum Gasteiger partial charge on any atom is 0.419 e. The number of amidine groups is 1. The number of ether oxygens (including phenoxy) is 2. The molecule has 4 N–H and O–H groups in total. The van der Waals surface area contributed by atoms with Gasteiger partial charge in [-0.15, -0.1) is 0 Å². The van der Waals surface area contributed by atoms with E-state index in [0.29, 0.717) is 32.2 Å². The number of nitrogens with two attached hydrogens (primary N) is 2. The average molecular weight is 488 g/mol. The van der Waals surface area contributed by atoms with Crippen molar-refractivity contribution >= 4 is 17.6 Å². The Morgan fingerprint density at radius 3 is 2.50 bits per heavy atom. The molecular weight excluding hydrogens is 460 g/mol. The van der Waals surface area contributed by atoms with Gasteiger partial charge in [0.2, 0.25) is 5.78 Å². The van der Waals surface area contributed by atoms with E-state index >= 15 is 0 Å². The van der Waals surface area contributed by atoms with Gasteiger partial charge in [-0.1, -0.05) is 13.0 Å². The maximum absolute atomic E-state index is 14.2. The van der Waals surface area contributed by atoms with Crippen LogP contribution in [0, 0.1) is 5.82 Å². The molecule has 0 aromatic heterocycles. The van der Waals surface area contributed by atoms with E-state index in [9.17, 15) is 27.2 Å². The van der Waals surface area contributed by atoms with Crippen LogP contribution < -0.4 is 11.5 Å². The van der Waals surface area contributed by atoms with Gasteiger partial charge in [-0.2, -0.15) is 13.2 Å². The topological polar surface area (TPSA) is 120 Å². The lowest BCUT2D eigenvalue weighted by atomic mass is 10.1. The number of carbonyl (C=O) groups excluding carboxylic acids is 2. The number of carbonyl (C=O) groups is 2. The van der Waals surface area contributed by atoms with Crippen LogP contribution in [0.15, 0.2) is 34.5 Å². The van der Waals surface area contributed by atoms with E-state index in [4.69, 9.17) is 20.9 Å². The SMILES string of the molecule is CC/C(N)=C(\C(=O)OCC(=O)c1cccc(C(F)(F)F)c1F)C(N)=NCCCN1CCOCC1. The van der Waals surface area contributed by atoms with E-state index in [-0.39, 0.29) is 23.5 Å². The molecule has 12 heteroatoms. The third-order valence-corrected chi connectivity index (χ3v) is 5.12. The standard InChI is InChI=1S/C22H28F4N4O4/c1-2-16(27)18(20(28)29-7-4-8-30-9-11-33-12-10-30)21(32)34-13-17(31)14-5-3-6-15(19(14)23)22(24,25)26/h3,5-6H,2,4,7-13,27H2,1H3,(H2,28,29)/b18-16+. The molecule has 1 aromatic carbocycles. The number of Topliss-reactive ketones (excluding diaryl/α,β-unsaturated/α-hetero) is 1. The molecule has 0 radical (unpaired) electrons. The van der Waals surface area contributed by atoms with Crippen molar-refractivity contribution in [3.63, 3.8) is 0 Å². The second-order valence-corrected chi connectivity index (χ2v) is 7.49. The number of morpholine rings is 1. The van der Waals surface area contributed by atoms with Crippen molar-refractivity contribution in [1.82, 2.24) is 4.90 Å². The van der Waals surface area contributed by atoms with Crippen molar-refractivity contribution in [3.05, 3.63) is 46.4 Å². The van der Waals surface area contributed by atoms with Gasteiger partial charge in [-0.05, 0) is 25.0 Å². The molecule has 1 aliphatic rings. The Morgan fingerprint density at radius 1 is 1.21 bits per heavy atom. The number of hydrogen-bond donors (Lipinski definition) is 2. The quantitative estimate of drug-likeness (QED) is 0.0986. The van der Waals surface area contributed by atoms with Crippen LogP contribution in [0.5, 0.6) is 0 Å². The minimum absolute atomic E-state index is 0.0668. The van der Waals surface area contributed by atoms with Gasteiger partial charge in [0.15, 0.2) is 6.61 Å². The molecule has 1 fully saturated rings. The fraction of sp³-hybridized carbons (Fsp3) is 0.500. The highest BCUT2D eigenvalue weighted by Gasteiger charge is 2.35. The van der Waals surface area contributed by atoms with Gasteiger partial charge in [-0.3, -0.25) is 14.7 Å². The first-order valence-corrected chi connectivity index (χ1v) is 10.7. The van der Waals surface area contributed by atoms with Crippen LogP contribution >= 0.6 is 0 Å². The summed E-state index contributed by atoms with van der Waals surface area (Å²) in [4.78, 5) is 31.2. The van der Waals surface area contributed by atoms with Gasteiger partial charge < -0.3 is 20.9 Å². The first-order chi connectivity index (χ1) is 16.1. The number of ketones is 1. The van der Waals surface area contributed by atoms with Crippen LogP contribution in [0.2, 0.25) is 0 Å². The van der Waals surface area contributed by atoms with E-state index < -0.39 is 41.5 Å². The first-order valence-electron chi connectivity index (χ1n) is 10.7. The molecule has 188 valence electrons. The molecule has 0 atom stereocenters. The molecule has 0 bridgehead atoms. The lowest BCUT2D eigenvalue weighted by Crippen LogP contribution is -2.37. The van der Waals surface area contributed by atoms with Crippen molar-refractivity contribution in [2.24, 2.45) is 16.5 Å². The Hall–Kier alpha value is -2.99. The van der Waals surface area contributed by atoms with Crippen LogP contribution in [0.3, 0.4) is 0 Å². The molecule has 0 aliphatic carbocycles. The minimum Gasteiger partial charge on any atom is -0.454 e. The van der Waals surface area contributed by atoms with Gasteiger partial charge in [0.25, 0.3) is 0 Å². The number of aliphatic imine (C=N–C) groups is 1. The molecule has 0 spiro atoms. The number of allylic oxidation sites excluding steroid dienone is 1. The summed E-state index contributed by atoms with van der Waals surface area (Å²) in [6.07, 6.45) is -4.08. The number of nitrogens with zero attached hydrogens (tertiary/aromatic N) is 2. The molecule has 1 heterocycles. The van der Waals surface area contributed by atoms with Gasteiger partial charge >= 0.3 is 12.1 Å². The molecule has 2 rings (SSSR count). The number of esters is 1. The van der Waals surface area contributed by atoms with Crippen molar-refractivity contribution in [1.29, 1.82) is 0 Å². The highest BCUT2D eigenvalue weighted by molar-refractivity contribution is 6.19. The number of halogens is 4. The van der Waals surface area contributed by atoms with Crippen LogP contribution in [-0.4, -0.2) is 68.5 Å². The highest BCUT2D eigenvalue weighted by atomic mass is 19.4. The molecular formula is C22H28F4N4O4.